The van der Waals surface area contributed by atoms with Crippen LogP contribution >= 0.6 is 0 Å². The zero-order chi connectivity index (χ0) is 16.7. The summed E-state index contributed by atoms with van der Waals surface area (Å²) >= 11 is 0. The summed E-state index contributed by atoms with van der Waals surface area (Å²) in [4.78, 5) is 26.2. The summed E-state index contributed by atoms with van der Waals surface area (Å²) in [6, 6.07) is 3.85. The van der Waals surface area contributed by atoms with Gasteiger partial charge < -0.3 is 14.6 Å². The van der Waals surface area contributed by atoms with Crippen molar-refractivity contribution in [3.63, 3.8) is 0 Å². The van der Waals surface area contributed by atoms with E-state index in [1.54, 1.807) is 12.5 Å². The molecule has 0 bridgehead atoms. The number of hydrogen-bond acceptors (Lipinski definition) is 4. The summed E-state index contributed by atoms with van der Waals surface area (Å²) in [6.07, 6.45) is 5.40. The first-order valence-corrected chi connectivity index (χ1v) is 8.48. The third kappa shape index (κ3) is 2.71. The Morgan fingerprint density at radius 2 is 2.29 bits per heavy atom. The number of H-pyrrole nitrogens is 1. The molecule has 3 atom stereocenters. The highest BCUT2D eigenvalue weighted by Crippen LogP contribution is 2.40. The Hall–Kier alpha value is -2.21. The third-order valence-corrected chi connectivity index (χ3v) is 5.15. The van der Waals surface area contributed by atoms with Crippen molar-refractivity contribution in [2.24, 2.45) is 5.92 Å². The van der Waals surface area contributed by atoms with Crippen LogP contribution in [0.15, 0.2) is 24.7 Å². The Morgan fingerprint density at radius 3 is 3.00 bits per heavy atom. The van der Waals surface area contributed by atoms with E-state index in [1.807, 2.05) is 30.9 Å². The molecule has 4 rings (SSSR count). The second-order valence-electron chi connectivity index (χ2n) is 6.82. The minimum absolute atomic E-state index is 0.0225. The maximum atomic E-state index is 12.8. The molecule has 2 saturated heterocycles. The normalized spacial score (nSPS) is 26.4. The minimum Gasteiger partial charge on any atom is -0.367 e. The molecule has 2 aliphatic heterocycles. The number of carbonyl (C=O) groups excluding carboxylic acids is 1. The summed E-state index contributed by atoms with van der Waals surface area (Å²) in [5.41, 5.74) is 3.67. The molecule has 0 aromatic carbocycles. The van der Waals surface area contributed by atoms with Crippen LogP contribution in [0.1, 0.15) is 46.4 Å². The molecular formula is C18H22N4O2. The predicted molar refractivity (Wildman–Crippen MR) is 88.5 cm³/mol. The molecule has 126 valence electrons. The van der Waals surface area contributed by atoms with E-state index < -0.39 is 0 Å². The van der Waals surface area contributed by atoms with Crippen molar-refractivity contribution in [1.82, 2.24) is 19.9 Å². The Morgan fingerprint density at radius 1 is 1.42 bits per heavy atom. The van der Waals surface area contributed by atoms with Crippen LogP contribution in [0.4, 0.5) is 0 Å². The van der Waals surface area contributed by atoms with E-state index in [0.717, 1.165) is 42.0 Å². The van der Waals surface area contributed by atoms with Crippen LogP contribution in [0.25, 0.3) is 0 Å². The largest absolute Gasteiger partial charge is 0.367 e. The summed E-state index contributed by atoms with van der Waals surface area (Å²) in [7, 11) is 0. The number of ether oxygens (including phenoxy) is 1. The molecule has 24 heavy (non-hydrogen) atoms. The highest BCUT2D eigenvalue weighted by atomic mass is 16.5. The molecule has 1 amide bonds. The summed E-state index contributed by atoms with van der Waals surface area (Å²) in [6.45, 7) is 5.38. The molecule has 0 unspecified atom stereocenters. The van der Waals surface area contributed by atoms with Crippen molar-refractivity contribution in [3.05, 3.63) is 47.3 Å². The van der Waals surface area contributed by atoms with Crippen LogP contribution in [0.2, 0.25) is 0 Å². The number of aromatic amines is 1. The first-order chi connectivity index (χ1) is 11.6. The average molecular weight is 326 g/mol. The average Bonchev–Trinajstić information content (AvgIpc) is 3.17. The second-order valence-corrected chi connectivity index (χ2v) is 6.82. The molecule has 2 fully saturated rings. The third-order valence-electron chi connectivity index (χ3n) is 5.15. The molecule has 0 spiro atoms. The van der Waals surface area contributed by atoms with Crippen molar-refractivity contribution in [3.8, 4) is 0 Å². The number of aromatic nitrogens is 3. The van der Waals surface area contributed by atoms with Crippen LogP contribution in [0.3, 0.4) is 0 Å². The number of amides is 1. The molecule has 2 aromatic rings. The van der Waals surface area contributed by atoms with E-state index in [9.17, 15) is 4.79 Å². The number of fused-ring (bicyclic) bond motifs is 1. The first-order valence-electron chi connectivity index (χ1n) is 8.48. The molecule has 0 radical (unpaired) electrons. The zero-order valence-corrected chi connectivity index (χ0v) is 14.0. The van der Waals surface area contributed by atoms with Gasteiger partial charge in [-0.3, -0.25) is 4.79 Å². The smallest absolute Gasteiger partial charge is 0.255 e. The Bertz CT molecular complexity index is 743. The Labute approximate surface area is 141 Å². The standard InChI is InChI=1S/C18H22N4O2/c1-11-7-14(12(2)21-11)18(23)22-6-4-13-8-16(24-17(13)9-22)15-3-5-19-10-20-15/h3,5,7,10,13,16-17,21H,4,6,8-9H2,1-2H3/t13-,16+,17+/m0/s1. The number of nitrogens with one attached hydrogen (secondary N) is 1. The monoisotopic (exact) mass is 326 g/mol. The van der Waals surface area contributed by atoms with Gasteiger partial charge in [-0.1, -0.05) is 0 Å². The lowest BCUT2D eigenvalue weighted by Gasteiger charge is -2.34. The summed E-state index contributed by atoms with van der Waals surface area (Å²) < 4.78 is 6.21. The van der Waals surface area contributed by atoms with Crippen molar-refractivity contribution < 1.29 is 9.53 Å². The lowest BCUT2D eigenvalue weighted by molar-refractivity contribution is -0.00566. The lowest BCUT2D eigenvalue weighted by Crippen LogP contribution is -2.45. The van der Waals surface area contributed by atoms with E-state index in [0.29, 0.717) is 12.5 Å². The molecular weight excluding hydrogens is 304 g/mol. The van der Waals surface area contributed by atoms with Gasteiger partial charge in [0.25, 0.3) is 5.91 Å². The molecule has 2 aliphatic rings. The van der Waals surface area contributed by atoms with Crippen LogP contribution in [-0.2, 0) is 4.74 Å². The zero-order valence-electron chi connectivity index (χ0n) is 14.0. The molecule has 6 nitrogen and oxygen atoms in total. The summed E-state index contributed by atoms with van der Waals surface area (Å²) in [5, 5.41) is 0. The van der Waals surface area contributed by atoms with Crippen molar-refractivity contribution >= 4 is 5.91 Å². The van der Waals surface area contributed by atoms with Gasteiger partial charge in [-0.05, 0) is 44.7 Å². The summed E-state index contributed by atoms with van der Waals surface area (Å²) in [5.74, 6) is 0.604. The molecule has 6 heteroatoms. The van der Waals surface area contributed by atoms with Crippen molar-refractivity contribution in [2.75, 3.05) is 13.1 Å². The van der Waals surface area contributed by atoms with Crippen molar-refractivity contribution in [1.29, 1.82) is 0 Å². The fraction of sp³-hybridized carbons (Fsp3) is 0.500. The van der Waals surface area contributed by atoms with E-state index >= 15 is 0 Å². The van der Waals surface area contributed by atoms with Gasteiger partial charge >= 0.3 is 0 Å². The fourth-order valence-corrected chi connectivity index (χ4v) is 3.91. The minimum atomic E-state index is 0.0225. The van der Waals surface area contributed by atoms with E-state index in [2.05, 4.69) is 15.0 Å². The molecule has 2 aromatic heterocycles. The van der Waals surface area contributed by atoms with Gasteiger partial charge in [-0.15, -0.1) is 0 Å². The van der Waals surface area contributed by atoms with Gasteiger partial charge in [0, 0.05) is 30.7 Å². The SMILES string of the molecule is Cc1cc(C(=O)N2CC[C@H]3C[C@H](c4ccncn4)O[C@@H]3C2)c(C)[nH]1. The molecule has 0 saturated carbocycles. The first kappa shape index (κ1) is 15.3. The van der Waals surface area contributed by atoms with E-state index in [4.69, 9.17) is 4.74 Å². The van der Waals surface area contributed by atoms with Crippen LogP contribution in [0, 0.1) is 19.8 Å². The quantitative estimate of drug-likeness (QED) is 0.920. The Kier molecular flexibility index (Phi) is 3.84. The number of rotatable bonds is 2. The topological polar surface area (TPSA) is 71.1 Å². The van der Waals surface area contributed by atoms with Crippen LogP contribution in [0.5, 0.6) is 0 Å². The second kappa shape index (κ2) is 6.02. The number of likely N-dealkylation sites (tertiary alicyclic amines) is 1. The maximum absolute atomic E-state index is 12.8. The van der Waals surface area contributed by atoms with E-state index in [-0.39, 0.29) is 18.1 Å². The van der Waals surface area contributed by atoms with Crippen molar-refractivity contribution in [2.45, 2.75) is 38.9 Å². The highest BCUT2D eigenvalue weighted by Gasteiger charge is 2.41. The van der Waals surface area contributed by atoms with Gasteiger partial charge in [0.2, 0.25) is 0 Å². The maximum Gasteiger partial charge on any atom is 0.255 e. The molecule has 4 heterocycles. The molecule has 0 aliphatic carbocycles. The van der Waals surface area contributed by atoms with Gasteiger partial charge in [0.1, 0.15) is 12.4 Å². The predicted octanol–water partition coefficient (Wildman–Crippen LogP) is 2.41. The van der Waals surface area contributed by atoms with Gasteiger partial charge in [0.15, 0.2) is 0 Å². The lowest BCUT2D eigenvalue weighted by atomic mass is 9.91. The number of aryl methyl sites for hydroxylation is 2. The number of nitrogens with zero attached hydrogens (tertiary/aromatic N) is 3. The number of piperidine rings is 1. The van der Waals surface area contributed by atoms with Crippen LogP contribution < -0.4 is 0 Å². The van der Waals surface area contributed by atoms with Gasteiger partial charge in [0.05, 0.1) is 17.4 Å². The van der Waals surface area contributed by atoms with Gasteiger partial charge in [-0.25, -0.2) is 9.97 Å². The van der Waals surface area contributed by atoms with Gasteiger partial charge in [-0.2, -0.15) is 0 Å². The Balaban J connectivity index is 1.46. The van der Waals surface area contributed by atoms with E-state index in [1.165, 1.54) is 0 Å². The number of hydrogen-bond donors (Lipinski definition) is 1. The number of carbonyl (C=O) groups is 1. The molecule has 1 N–H and O–H groups in total. The van der Waals surface area contributed by atoms with Crippen LogP contribution in [-0.4, -0.2) is 45.0 Å². The fourth-order valence-electron chi connectivity index (χ4n) is 3.91. The highest BCUT2D eigenvalue weighted by molar-refractivity contribution is 5.95.